The van der Waals surface area contributed by atoms with Crippen LogP contribution < -0.4 is 14.2 Å². The molecule has 0 atom stereocenters. The number of carbonyl (C=O) groups is 3. The van der Waals surface area contributed by atoms with E-state index < -0.39 is 16.2 Å². The molecule has 0 heterocycles. The van der Waals surface area contributed by atoms with Gasteiger partial charge in [0, 0.05) is 22.3 Å². The molecule has 0 aliphatic heterocycles. The van der Waals surface area contributed by atoms with Crippen LogP contribution in [-0.4, -0.2) is 31.4 Å². The number of methoxy groups -OCH3 is 1. The van der Waals surface area contributed by atoms with Crippen molar-refractivity contribution in [2.75, 3.05) is 13.7 Å². The Labute approximate surface area is 277 Å². The predicted octanol–water partition coefficient (Wildman–Crippen LogP) is 9.62. The van der Waals surface area contributed by atoms with Crippen molar-refractivity contribution in [3.05, 3.63) is 58.3 Å². The van der Waals surface area contributed by atoms with Gasteiger partial charge in [-0.2, -0.15) is 0 Å². The first-order valence-corrected chi connectivity index (χ1v) is 16.3. The van der Waals surface area contributed by atoms with E-state index in [4.69, 9.17) is 18.9 Å². The largest absolute Gasteiger partial charge is 0.493 e. The lowest BCUT2D eigenvalue weighted by Crippen LogP contribution is -2.30. The Hall–Kier alpha value is -3.61. The standard InChI is InChI=1S/C39H56O7/c1-15-22-44-32-26(24-29(43-14)31(40)25-18-20-27(21-19-25)45-34(41)36(4,5)6)23-28(38(10,11)16-2)33(30(32)39(12,13)17-3)46-35(42)37(7,8)9/h18-21,23-24H,15-17,22H2,1-14H3. The minimum atomic E-state index is -0.722. The van der Waals surface area contributed by atoms with Crippen LogP contribution in [0.5, 0.6) is 17.2 Å². The van der Waals surface area contributed by atoms with E-state index in [1.165, 1.54) is 7.11 Å². The van der Waals surface area contributed by atoms with Gasteiger partial charge in [-0.1, -0.05) is 48.5 Å². The molecular formula is C39H56O7. The van der Waals surface area contributed by atoms with Crippen LogP contribution >= 0.6 is 0 Å². The van der Waals surface area contributed by atoms with Crippen LogP contribution in [0.3, 0.4) is 0 Å². The molecule has 0 spiro atoms. The highest BCUT2D eigenvalue weighted by Crippen LogP contribution is 2.50. The maximum absolute atomic E-state index is 13.8. The summed E-state index contributed by atoms with van der Waals surface area (Å²) in [6.45, 7) is 26.0. The molecule has 0 radical (unpaired) electrons. The van der Waals surface area contributed by atoms with Crippen molar-refractivity contribution in [3.63, 3.8) is 0 Å². The average molecular weight is 637 g/mol. The van der Waals surface area contributed by atoms with Crippen molar-refractivity contribution in [1.29, 1.82) is 0 Å². The number of hydrogen-bond donors (Lipinski definition) is 0. The van der Waals surface area contributed by atoms with Gasteiger partial charge in [-0.15, -0.1) is 0 Å². The van der Waals surface area contributed by atoms with Gasteiger partial charge in [-0.05, 0) is 108 Å². The molecule has 0 aromatic heterocycles. The number of ketones is 1. The summed E-state index contributed by atoms with van der Waals surface area (Å²) in [7, 11) is 1.46. The maximum atomic E-state index is 13.8. The van der Waals surface area contributed by atoms with Crippen LogP contribution in [0.25, 0.3) is 6.08 Å². The normalized spacial score (nSPS) is 12.9. The van der Waals surface area contributed by atoms with Crippen LogP contribution in [0.2, 0.25) is 0 Å². The van der Waals surface area contributed by atoms with Gasteiger partial charge in [0.2, 0.25) is 5.78 Å². The Kier molecular flexibility index (Phi) is 12.5. The zero-order valence-corrected chi connectivity index (χ0v) is 30.7. The molecule has 254 valence electrons. The monoisotopic (exact) mass is 636 g/mol. The summed E-state index contributed by atoms with van der Waals surface area (Å²) in [6.07, 6.45) is 3.99. The predicted molar refractivity (Wildman–Crippen MR) is 185 cm³/mol. The molecule has 0 aliphatic carbocycles. The van der Waals surface area contributed by atoms with Gasteiger partial charge in [0.15, 0.2) is 5.76 Å². The van der Waals surface area contributed by atoms with E-state index >= 15 is 0 Å². The van der Waals surface area contributed by atoms with Gasteiger partial charge in [0.25, 0.3) is 0 Å². The van der Waals surface area contributed by atoms with E-state index in [9.17, 15) is 14.4 Å². The van der Waals surface area contributed by atoms with E-state index in [2.05, 4.69) is 41.5 Å². The first kappa shape index (κ1) is 38.6. The second-order valence-electron chi connectivity index (χ2n) is 15.2. The van der Waals surface area contributed by atoms with Gasteiger partial charge >= 0.3 is 11.9 Å². The third-order valence-corrected chi connectivity index (χ3v) is 8.36. The minimum absolute atomic E-state index is 0.112. The fourth-order valence-corrected chi connectivity index (χ4v) is 4.41. The first-order valence-electron chi connectivity index (χ1n) is 16.3. The zero-order valence-electron chi connectivity index (χ0n) is 30.7. The zero-order chi connectivity index (χ0) is 35.3. The molecule has 0 amide bonds. The highest BCUT2D eigenvalue weighted by molar-refractivity contribution is 6.10. The van der Waals surface area contributed by atoms with Gasteiger partial charge in [0.05, 0.1) is 24.5 Å². The molecule has 0 N–H and O–H groups in total. The number of hydrogen-bond acceptors (Lipinski definition) is 7. The Bertz CT molecular complexity index is 1430. The van der Waals surface area contributed by atoms with Gasteiger partial charge in [-0.25, -0.2) is 0 Å². The molecule has 7 heteroatoms. The maximum Gasteiger partial charge on any atom is 0.316 e. The van der Waals surface area contributed by atoms with Crippen molar-refractivity contribution in [3.8, 4) is 17.2 Å². The SMILES string of the molecule is CCCOc1c(C=C(OC)C(=O)c2ccc(OC(=O)C(C)(C)C)cc2)cc(C(C)(C)CC)c(OC(=O)C(C)(C)C)c1C(C)(C)CC. The smallest absolute Gasteiger partial charge is 0.316 e. The Morgan fingerprint density at radius 1 is 0.717 bits per heavy atom. The number of carbonyl (C=O) groups excluding carboxylic acids is 3. The van der Waals surface area contributed by atoms with Crippen LogP contribution in [-0.2, 0) is 25.2 Å². The molecule has 0 saturated carbocycles. The number of ether oxygens (including phenoxy) is 4. The topological polar surface area (TPSA) is 88.1 Å². The van der Waals surface area contributed by atoms with Gasteiger partial charge in [0.1, 0.15) is 17.2 Å². The number of esters is 2. The van der Waals surface area contributed by atoms with Crippen LogP contribution in [0, 0.1) is 10.8 Å². The molecule has 0 aliphatic rings. The van der Waals surface area contributed by atoms with E-state index in [1.807, 2.05) is 33.8 Å². The van der Waals surface area contributed by atoms with E-state index in [0.29, 0.717) is 35.0 Å². The summed E-state index contributed by atoms with van der Waals surface area (Å²) in [5.41, 5.74) is 0.477. The molecule has 2 aromatic rings. The number of rotatable bonds is 13. The summed E-state index contributed by atoms with van der Waals surface area (Å²) in [4.78, 5) is 39.5. The highest BCUT2D eigenvalue weighted by atomic mass is 16.5. The van der Waals surface area contributed by atoms with Crippen molar-refractivity contribution in [2.24, 2.45) is 10.8 Å². The van der Waals surface area contributed by atoms with Gasteiger partial charge in [-0.3, -0.25) is 14.4 Å². The van der Waals surface area contributed by atoms with Crippen molar-refractivity contribution < 1.29 is 33.3 Å². The van der Waals surface area contributed by atoms with Crippen molar-refractivity contribution in [1.82, 2.24) is 0 Å². The minimum Gasteiger partial charge on any atom is -0.493 e. The van der Waals surface area contributed by atoms with Crippen LogP contribution in [0.1, 0.15) is 136 Å². The lowest BCUT2D eigenvalue weighted by molar-refractivity contribution is -0.143. The Morgan fingerprint density at radius 3 is 1.70 bits per heavy atom. The van der Waals surface area contributed by atoms with Crippen LogP contribution in [0.4, 0.5) is 0 Å². The third kappa shape index (κ3) is 9.23. The summed E-state index contributed by atoms with van der Waals surface area (Å²) >= 11 is 0. The third-order valence-electron chi connectivity index (χ3n) is 8.36. The van der Waals surface area contributed by atoms with Crippen molar-refractivity contribution in [2.45, 2.75) is 120 Å². The second-order valence-corrected chi connectivity index (χ2v) is 15.2. The summed E-state index contributed by atoms with van der Waals surface area (Å²) < 4.78 is 24.0. The Morgan fingerprint density at radius 2 is 1.24 bits per heavy atom. The molecule has 2 rings (SSSR count). The summed E-state index contributed by atoms with van der Waals surface area (Å²) in [5.74, 6) is 0.516. The first-order chi connectivity index (χ1) is 21.1. The molecule has 0 saturated heterocycles. The van der Waals surface area contributed by atoms with Gasteiger partial charge < -0.3 is 18.9 Å². The van der Waals surface area contributed by atoms with Crippen molar-refractivity contribution >= 4 is 23.8 Å². The molecule has 46 heavy (non-hydrogen) atoms. The van der Waals surface area contributed by atoms with E-state index in [1.54, 1.807) is 51.1 Å². The second kappa shape index (κ2) is 14.9. The number of benzene rings is 2. The lowest BCUT2D eigenvalue weighted by atomic mass is 9.74. The molecule has 0 unspecified atom stereocenters. The molecular weight excluding hydrogens is 580 g/mol. The number of allylic oxidation sites excluding steroid dienone is 1. The summed E-state index contributed by atoms with van der Waals surface area (Å²) in [5, 5.41) is 0. The average Bonchev–Trinajstić information content (AvgIpc) is 2.97. The summed E-state index contributed by atoms with van der Waals surface area (Å²) in [6, 6.07) is 8.39. The molecule has 2 aromatic carbocycles. The van der Waals surface area contributed by atoms with Crippen LogP contribution in [0.15, 0.2) is 36.1 Å². The quantitative estimate of drug-likeness (QED) is 0.0711. The number of Topliss-reactive ketones (excluding diaryl/α,β-unsaturated/α-hetero) is 1. The Balaban J connectivity index is 2.88. The highest BCUT2D eigenvalue weighted by Gasteiger charge is 2.37. The molecule has 7 nitrogen and oxygen atoms in total. The fourth-order valence-electron chi connectivity index (χ4n) is 4.41. The van der Waals surface area contributed by atoms with E-state index in [0.717, 1.165) is 30.4 Å². The molecule has 0 bridgehead atoms. The van der Waals surface area contributed by atoms with E-state index in [-0.39, 0.29) is 28.9 Å². The fraction of sp³-hybridized carbons (Fsp3) is 0.564. The lowest BCUT2D eigenvalue weighted by Gasteiger charge is -2.35. The molecule has 0 fully saturated rings.